The summed E-state index contributed by atoms with van der Waals surface area (Å²) in [4.78, 5) is 16.2. The second kappa shape index (κ2) is 6.60. The van der Waals surface area contributed by atoms with E-state index in [0.29, 0.717) is 5.89 Å². The van der Waals surface area contributed by atoms with E-state index in [-0.39, 0.29) is 0 Å². The van der Waals surface area contributed by atoms with Gasteiger partial charge >= 0.3 is 0 Å². The van der Waals surface area contributed by atoms with E-state index in [1.54, 1.807) is 12.4 Å². The highest BCUT2D eigenvalue weighted by Crippen LogP contribution is 2.35. The van der Waals surface area contributed by atoms with E-state index in [4.69, 9.17) is 9.40 Å². The van der Waals surface area contributed by atoms with Crippen molar-refractivity contribution >= 4 is 38.6 Å². The molecule has 0 amide bonds. The van der Waals surface area contributed by atoms with Gasteiger partial charge in [-0.1, -0.05) is 0 Å². The van der Waals surface area contributed by atoms with Crippen LogP contribution in [0.2, 0.25) is 0 Å². The second-order valence-corrected chi connectivity index (χ2v) is 6.72. The first-order valence-electron chi connectivity index (χ1n) is 9.57. The van der Waals surface area contributed by atoms with Crippen molar-refractivity contribution < 1.29 is 4.42 Å². The smallest absolute Gasteiger partial charge is 0.227 e. The van der Waals surface area contributed by atoms with E-state index in [2.05, 4.69) is 53.0 Å². The van der Waals surface area contributed by atoms with Gasteiger partial charge in [0.25, 0.3) is 0 Å². The van der Waals surface area contributed by atoms with Crippen LogP contribution in [0.1, 0.15) is 13.8 Å². The predicted molar refractivity (Wildman–Crippen MR) is 114 cm³/mol. The summed E-state index contributed by atoms with van der Waals surface area (Å²) < 4.78 is 6.24. The average molecular weight is 368 g/mol. The zero-order valence-corrected chi connectivity index (χ0v) is 15.9. The first kappa shape index (κ1) is 16.7. The van der Waals surface area contributed by atoms with Crippen molar-refractivity contribution in [1.29, 1.82) is 0 Å². The number of hydrogen-bond donors (Lipinski definition) is 0. The number of hydrogen-bond acceptors (Lipinski definition) is 5. The Kier molecular flexibility index (Phi) is 3.93. The van der Waals surface area contributed by atoms with Crippen LogP contribution in [0.25, 0.3) is 44.4 Å². The highest BCUT2D eigenvalue weighted by molar-refractivity contribution is 6.20. The van der Waals surface area contributed by atoms with Gasteiger partial charge < -0.3 is 9.32 Å². The van der Waals surface area contributed by atoms with Gasteiger partial charge in [-0.05, 0) is 62.4 Å². The number of rotatable bonds is 4. The van der Waals surface area contributed by atoms with Crippen LogP contribution in [0, 0.1) is 0 Å². The molecular weight excluding hydrogens is 348 g/mol. The molecule has 3 heterocycles. The van der Waals surface area contributed by atoms with Gasteiger partial charge in [0, 0.05) is 47.5 Å². The molecule has 5 rings (SSSR count). The Morgan fingerprint density at radius 3 is 2.11 bits per heavy atom. The fourth-order valence-corrected chi connectivity index (χ4v) is 3.77. The quantitative estimate of drug-likeness (QED) is 0.396. The third-order valence-corrected chi connectivity index (χ3v) is 5.21. The summed E-state index contributed by atoms with van der Waals surface area (Å²) >= 11 is 0. The zero-order valence-electron chi connectivity index (χ0n) is 15.9. The van der Waals surface area contributed by atoms with Crippen LogP contribution in [-0.2, 0) is 0 Å². The number of nitrogens with zero attached hydrogens (tertiary/aromatic N) is 4. The van der Waals surface area contributed by atoms with Crippen LogP contribution < -0.4 is 4.90 Å². The van der Waals surface area contributed by atoms with Gasteiger partial charge in [0.2, 0.25) is 5.89 Å². The number of pyridine rings is 2. The van der Waals surface area contributed by atoms with E-state index in [1.807, 2.05) is 24.3 Å². The molecule has 0 spiro atoms. The van der Waals surface area contributed by atoms with Crippen LogP contribution >= 0.6 is 0 Å². The summed E-state index contributed by atoms with van der Waals surface area (Å²) in [6, 6.07) is 16.2. The molecule has 28 heavy (non-hydrogen) atoms. The lowest BCUT2D eigenvalue weighted by Gasteiger charge is -2.20. The Labute approximate surface area is 162 Å². The topological polar surface area (TPSA) is 55.1 Å². The SMILES string of the molecule is CCN(CC)c1ccc(-c2nc3c4cccnc4c4ncccc4c3o2)cc1. The van der Waals surface area contributed by atoms with Crippen molar-refractivity contribution in [3.63, 3.8) is 0 Å². The maximum atomic E-state index is 6.24. The molecule has 3 aromatic heterocycles. The molecule has 0 radical (unpaired) electrons. The Morgan fingerprint density at radius 1 is 0.786 bits per heavy atom. The lowest BCUT2D eigenvalue weighted by Crippen LogP contribution is -2.21. The van der Waals surface area contributed by atoms with E-state index in [0.717, 1.165) is 51.6 Å². The first-order chi connectivity index (χ1) is 13.8. The Morgan fingerprint density at radius 2 is 1.43 bits per heavy atom. The Balaban J connectivity index is 1.72. The Hall–Kier alpha value is -3.47. The first-order valence-corrected chi connectivity index (χ1v) is 9.57. The standard InChI is InChI=1S/C23H20N4O/c1-3-27(4-2)16-11-9-15(10-12-16)23-26-21-17-7-5-13-24-19(17)20-18(22(21)28-23)8-6-14-25-20/h5-14H,3-4H2,1-2H3. The Bertz CT molecular complexity index is 1210. The molecule has 0 fully saturated rings. The number of aromatic nitrogens is 3. The monoisotopic (exact) mass is 368 g/mol. The predicted octanol–water partition coefficient (Wildman–Crippen LogP) is 5.44. The third kappa shape index (κ3) is 2.51. The molecule has 0 aliphatic rings. The molecule has 0 N–H and O–H groups in total. The minimum absolute atomic E-state index is 0.614. The minimum Gasteiger partial charge on any atom is -0.435 e. The van der Waals surface area contributed by atoms with E-state index in [9.17, 15) is 0 Å². The van der Waals surface area contributed by atoms with Gasteiger partial charge in [0.1, 0.15) is 11.0 Å². The van der Waals surface area contributed by atoms with Crippen LogP contribution in [0.4, 0.5) is 5.69 Å². The van der Waals surface area contributed by atoms with Crippen molar-refractivity contribution in [2.24, 2.45) is 0 Å². The van der Waals surface area contributed by atoms with E-state index >= 15 is 0 Å². The molecule has 5 heteroatoms. The molecule has 5 aromatic rings. The number of benzene rings is 2. The maximum Gasteiger partial charge on any atom is 0.227 e. The highest BCUT2D eigenvalue weighted by Gasteiger charge is 2.17. The molecular formula is C23H20N4O. The van der Waals surface area contributed by atoms with Crippen LogP contribution in [0.5, 0.6) is 0 Å². The number of anilines is 1. The largest absolute Gasteiger partial charge is 0.435 e. The fraction of sp³-hybridized carbons (Fsp3) is 0.174. The van der Waals surface area contributed by atoms with Crippen LogP contribution in [0.3, 0.4) is 0 Å². The van der Waals surface area contributed by atoms with Gasteiger partial charge in [-0.15, -0.1) is 0 Å². The molecule has 5 nitrogen and oxygen atoms in total. The lowest BCUT2D eigenvalue weighted by atomic mass is 10.1. The molecule has 0 bridgehead atoms. The summed E-state index contributed by atoms with van der Waals surface area (Å²) in [5, 5.41) is 1.89. The lowest BCUT2D eigenvalue weighted by molar-refractivity contribution is 0.623. The van der Waals surface area contributed by atoms with E-state index in [1.165, 1.54) is 5.69 Å². The van der Waals surface area contributed by atoms with Crippen molar-refractivity contribution in [3.8, 4) is 11.5 Å². The summed E-state index contributed by atoms with van der Waals surface area (Å²) in [6.07, 6.45) is 3.57. The maximum absolute atomic E-state index is 6.24. The van der Waals surface area contributed by atoms with Gasteiger partial charge in [-0.2, -0.15) is 0 Å². The van der Waals surface area contributed by atoms with Gasteiger partial charge in [-0.3, -0.25) is 9.97 Å². The average Bonchev–Trinajstić information content (AvgIpc) is 3.21. The molecule has 0 saturated carbocycles. The van der Waals surface area contributed by atoms with Crippen molar-refractivity contribution in [2.75, 3.05) is 18.0 Å². The van der Waals surface area contributed by atoms with Gasteiger partial charge in [0.05, 0.1) is 5.52 Å². The molecule has 0 saturated heterocycles. The van der Waals surface area contributed by atoms with Crippen molar-refractivity contribution in [1.82, 2.24) is 15.0 Å². The number of fused-ring (bicyclic) bond motifs is 6. The molecule has 0 aliphatic carbocycles. The highest BCUT2D eigenvalue weighted by atomic mass is 16.3. The second-order valence-electron chi connectivity index (χ2n) is 6.72. The third-order valence-electron chi connectivity index (χ3n) is 5.21. The molecule has 0 atom stereocenters. The molecule has 2 aromatic carbocycles. The molecule has 0 unspecified atom stereocenters. The van der Waals surface area contributed by atoms with Crippen LogP contribution in [0.15, 0.2) is 65.3 Å². The van der Waals surface area contributed by atoms with Crippen molar-refractivity contribution in [2.45, 2.75) is 13.8 Å². The molecule has 138 valence electrons. The van der Waals surface area contributed by atoms with Crippen molar-refractivity contribution in [3.05, 3.63) is 60.9 Å². The fourth-order valence-electron chi connectivity index (χ4n) is 3.77. The zero-order chi connectivity index (χ0) is 19.1. The summed E-state index contributed by atoms with van der Waals surface area (Å²) in [5.41, 5.74) is 5.43. The normalized spacial score (nSPS) is 11.5. The van der Waals surface area contributed by atoms with Crippen LogP contribution in [-0.4, -0.2) is 28.0 Å². The number of oxazole rings is 1. The summed E-state index contributed by atoms with van der Waals surface area (Å²) in [6.45, 7) is 6.29. The van der Waals surface area contributed by atoms with Gasteiger partial charge in [-0.25, -0.2) is 4.98 Å². The van der Waals surface area contributed by atoms with Gasteiger partial charge in [0.15, 0.2) is 5.58 Å². The summed E-state index contributed by atoms with van der Waals surface area (Å²) in [5.74, 6) is 0.614. The molecule has 0 aliphatic heterocycles. The van der Waals surface area contributed by atoms with E-state index < -0.39 is 0 Å². The minimum atomic E-state index is 0.614. The summed E-state index contributed by atoms with van der Waals surface area (Å²) in [7, 11) is 0.